The van der Waals surface area contributed by atoms with Gasteiger partial charge in [-0.05, 0) is 43.9 Å². The molecule has 0 bridgehead atoms. The van der Waals surface area contributed by atoms with Gasteiger partial charge in [0.25, 0.3) is 0 Å². The van der Waals surface area contributed by atoms with Crippen LogP contribution in [0.5, 0.6) is 0 Å². The summed E-state index contributed by atoms with van der Waals surface area (Å²) in [7, 11) is 0. The van der Waals surface area contributed by atoms with E-state index in [1.54, 1.807) is 0 Å². The molecule has 2 atom stereocenters. The van der Waals surface area contributed by atoms with Crippen LogP contribution in [-0.4, -0.2) is 17.8 Å². The SMILES string of the molecule is O=C(NCCCCBr)C1CC2CC2C1. The zero-order valence-electron chi connectivity index (χ0n) is 8.47. The van der Waals surface area contributed by atoms with Gasteiger partial charge in [0.2, 0.25) is 5.91 Å². The molecule has 14 heavy (non-hydrogen) atoms. The van der Waals surface area contributed by atoms with Gasteiger partial charge in [0.05, 0.1) is 0 Å². The summed E-state index contributed by atoms with van der Waals surface area (Å²) in [4.78, 5) is 11.7. The molecule has 2 nitrogen and oxygen atoms in total. The van der Waals surface area contributed by atoms with E-state index in [-0.39, 0.29) is 0 Å². The molecule has 0 heterocycles. The second-order valence-corrected chi connectivity index (χ2v) is 5.40. The van der Waals surface area contributed by atoms with Gasteiger partial charge < -0.3 is 5.32 Å². The van der Waals surface area contributed by atoms with Crippen LogP contribution < -0.4 is 5.32 Å². The van der Waals surface area contributed by atoms with Gasteiger partial charge in [0.15, 0.2) is 0 Å². The minimum atomic E-state index is 0.312. The summed E-state index contributed by atoms with van der Waals surface area (Å²) in [6.07, 6.45) is 5.96. The Morgan fingerprint density at radius 1 is 1.21 bits per heavy atom. The summed E-state index contributed by atoms with van der Waals surface area (Å²) < 4.78 is 0. The molecule has 2 aliphatic carbocycles. The van der Waals surface area contributed by atoms with Crippen LogP contribution in [0.15, 0.2) is 0 Å². The van der Waals surface area contributed by atoms with Crippen LogP contribution in [-0.2, 0) is 4.79 Å². The van der Waals surface area contributed by atoms with Crippen molar-refractivity contribution < 1.29 is 4.79 Å². The highest BCUT2D eigenvalue weighted by Crippen LogP contribution is 2.54. The van der Waals surface area contributed by atoms with Crippen LogP contribution in [0.25, 0.3) is 0 Å². The van der Waals surface area contributed by atoms with Gasteiger partial charge in [-0.3, -0.25) is 4.79 Å². The summed E-state index contributed by atoms with van der Waals surface area (Å²) in [6, 6.07) is 0. The maximum atomic E-state index is 11.7. The van der Waals surface area contributed by atoms with E-state index < -0.39 is 0 Å². The zero-order chi connectivity index (χ0) is 9.97. The van der Waals surface area contributed by atoms with Gasteiger partial charge in [-0.2, -0.15) is 0 Å². The minimum absolute atomic E-state index is 0.312. The largest absolute Gasteiger partial charge is 0.356 e. The van der Waals surface area contributed by atoms with Crippen molar-refractivity contribution >= 4 is 21.8 Å². The molecular weight excluding hydrogens is 242 g/mol. The Balaban J connectivity index is 1.59. The van der Waals surface area contributed by atoms with Gasteiger partial charge in [-0.1, -0.05) is 15.9 Å². The van der Waals surface area contributed by atoms with Crippen molar-refractivity contribution in [2.75, 3.05) is 11.9 Å². The number of hydrogen-bond donors (Lipinski definition) is 1. The molecule has 0 aliphatic heterocycles. The molecule has 0 aromatic heterocycles. The summed E-state index contributed by atoms with van der Waals surface area (Å²) in [5.41, 5.74) is 0. The molecule has 0 aromatic carbocycles. The fraction of sp³-hybridized carbons (Fsp3) is 0.909. The number of nitrogens with one attached hydrogen (secondary N) is 1. The number of fused-ring (bicyclic) bond motifs is 1. The Morgan fingerprint density at radius 2 is 1.93 bits per heavy atom. The minimum Gasteiger partial charge on any atom is -0.356 e. The summed E-state index contributed by atoms with van der Waals surface area (Å²) >= 11 is 3.38. The van der Waals surface area contributed by atoms with Crippen molar-refractivity contribution in [3.05, 3.63) is 0 Å². The van der Waals surface area contributed by atoms with Crippen molar-refractivity contribution in [2.45, 2.75) is 32.1 Å². The van der Waals surface area contributed by atoms with Crippen molar-refractivity contribution in [1.29, 1.82) is 0 Å². The van der Waals surface area contributed by atoms with Crippen LogP contribution in [0, 0.1) is 17.8 Å². The third kappa shape index (κ3) is 2.50. The third-order valence-electron chi connectivity index (χ3n) is 3.47. The summed E-state index contributed by atoms with van der Waals surface area (Å²) in [5.74, 6) is 2.48. The molecule has 0 aromatic rings. The Bertz CT molecular complexity index is 209. The lowest BCUT2D eigenvalue weighted by molar-refractivity contribution is -0.125. The number of halogens is 1. The summed E-state index contributed by atoms with van der Waals surface area (Å²) in [6.45, 7) is 0.857. The van der Waals surface area contributed by atoms with Gasteiger partial charge in [-0.15, -0.1) is 0 Å². The molecular formula is C11H18BrNO. The lowest BCUT2D eigenvalue weighted by atomic mass is 10.0. The maximum Gasteiger partial charge on any atom is 0.223 e. The predicted molar refractivity (Wildman–Crippen MR) is 60.4 cm³/mol. The molecule has 1 N–H and O–H groups in total. The zero-order valence-corrected chi connectivity index (χ0v) is 10.1. The molecule has 2 unspecified atom stereocenters. The van der Waals surface area contributed by atoms with Gasteiger partial charge in [0.1, 0.15) is 0 Å². The maximum absolute atomic E-state index is 11.7. The van der Waals surface area contributed by atoms with E-state index in [4.69, 9.17) is 0 Å². The highest BCUT2D eigenvalue weighted by Gasteiger charge is 2.47. The highest BCUT2D eigenvalue weighted by molar-refractivity contribution is 9.09. The van der Waals surface area contributed by atoms with E-state index >= 15 is 0 Å². The van der Waals surface area contributed by atoms with E-state index in [2.05, 4.69) is 21.2 Å². The lowest BCUT2D eigenvalue weighted by Crippen LogP contribution is -2.30. The topological polar surface area (TPSA) is 29.1 Å². The molecule has 0 radical (unpaired) electrons. The highest BCUT2D eigenvalue weighted by atomic mass is 79.9. The van der Waals surface area contributed by atoms with E-state index in [9.17, 15) is 4.79 Å². The fourth-order valence-electron chi connectivity index (χ4n) is 2.50. The molecule has 2 aliphatic rings. The smallest absolute Gasteiger partial charge is 0.223 e. The first-order valence-corrected chi connectivity index (χ1v) is 6.77. The third-order valence-corrected chi connectivity index (χ3v) is 4.03. The number of unbranched alkanes of at least 4 members (excludes halogenated alkanes) is 1. The van der Waals surface area contributed by atoms with Crippen molar-refractivity contribution in [3.8, 4) is 0 Å². The molecule has 80 valence electrons. The Morgan fingerprint density at radius 3 is 2.57 bits per heavy atom. The Labute approximate surface area is 94.0 Å². The molecule has 2 rings (SSSR count). The standard InChI is InChI=1S/C11H18BrNO/c12-3-1-2-4-13-11(14)10-6-8-5-9(8)7-10/h8-10H,1-7H2,(H,13,14). The molecule has 1 amide bonds. The van der Waals surface area contributed by atoms with Crippen LogP contribution in [0.4, 0.5) is 0 Å². The normalized spacial score (nSPS) is 33.9. The molecule has 0 saturated heterocycles. The Hall–Kier alpha value is -0.0500. The average molecular weight is 260 g/mol. The number of alkyl halides is 1. The van der Waals surface area contributed by atoms with Gasteiger partial charge >= 0.3 is 0 Å². The molecule has 0 spiro atoms. The van der Waals surface area contributed by atoms with Crippen molar-refractivity contribution in [1.82, 2.24) is 5.32 Å². The molecule has 2 saturated carbocycles. The first-order valence-electron chi connectivity index (χ1n) is 5.65. The van der Waals surface area contributed by atoms with Gasteiger partial charge in [-0.25, -0.2) is 0 Å². The van der Waals surface area contributed by atoms with Crippen LogP contribution in [0.1, 0.15) is 32.1 Å². The first kappa shape index (κ1) is 10.5. The second-order valence-electron chi connectivity index (χ2n) is 4.61. The monoisotopic (exact) mass is 259 g/mol. The number of carbonyl (C=O) groups excluding carboxylic acids is 1. The van der Waals surface area contributed by atoms with Crippen molar-refractivity contribution in [3.63, 3.8) is 0 Å². The van der Waals surface area contributed by atoms with Crippen LogP contribution >= 0.6 is 15.9 Å². The van der Waals surface area contributed by atoms with E-state index in [0.29, 0.717) is 11.8 Å². The Kier molecular flexibility index (Phi) is 3.47. The summed E-state index contributed by atoms with van der Waals surface area (Å²) in [5, 5.41) is 4.08. The quantitative estimate of drug-likeness (QED) is 0.596. The lowest BCUT2D eigenvalue weighted by Gasteiger charge is -2.11. The second kappa shape index (κ2) is 4.65. The average Bonchev–Trinajstić information content (AvgIpc) is 2.80. The fourth-order valence-corrected chi connectivity index (χ4v) is 2.90. The molecule has 2 fully saturated rings. The van der Waals surface area contributed by atoms with E-state index in [0.717, 1.165) is 49.4 Å². The number of amides is 1. The van der Waals surface area contributed by atoms with Gasteiger partial charge in [0, 0.05) is 17.8 Å². The predicted octanol–water partition coefficient (Wildman–Crippen LogP) is 2.32. The number of rotatable bonds is 5. The first-order chi connectivity index (χ1) is 6.81. The number of carbonyl (C=O) groups is 1. The van der Waals surface area contributed by atoms with E-state index in [1.165, 1.54) is 6.42 Å². The van der Waals surface area contributed by atoms with E-state index in [1.807, 2.05) is 0 Å². The number of hydrogen-bond acceptors (Lipinski definition) is 1. The van der Waals surface area contributed by atoms with Crippen molar-refractivity contribution in [2.24, 2.45) is 17.8 Å². The molecule has 3 heteroatoms. The van der Waals surface area contributed by atoms with Crippen LogP contribution in [0.2, 0.25) is 0 Å². The van der Waals surface area contributed by atoms with Crippen LogP contribution in [0.3, 0.4) is 0 Å².